The quantitative estimate of drug-likeness (QED) is 0.579. The second-order valence-corrected chi connectivity index (χ2v) is 2.21. The molecular weight excluding hydrogens is 132 g/mol. The van der Waals surface area contributed by atoms with Crippen LogP contribution in [0.1, 0.15) is 19.8 Å². The van der Waals surface area contributed by atoms with Crippen molar-refractivity contribution in [1.29, 1.82) is 0 Å². The summed E-state index contributed by atoms with van der Waals surface area (Å²) in [6, 6.07) is 0. The van der Waals surface area contributed by atoms with Crippen LogP contribution in [0.25, 0.3) is 0 Å². The fraction of sp³-hybridized carbons (Fsp3) is 0.857. The van der Waals surface area contributed by atoms with Crippen LogP contribution in [0.15, 0.2) is 0 Å². The Morgan fingerprint density at radius 1 is 1.60 bits per heavy atom. The lowest BCUT2D eigenvalue weighted by molar-refractivity contribution is -0.148. The Bertz CT molecular complexity index is 101. The number of ether oxygens (including phenoxy) is 1. The zero-order chi connectivity index (χ0) is 7.98. The molecule has 3 nitrogen and oxygen atoms in total. The number of hydrogen-bond donors (Lipinski definition) is 0. The zero-order valence-corrected chi connectivity index (χ0v) is 6.42. The molecule has 10 heavy (non-hydrogen) atoms. The molecule has 0 aromatic heterocycles. The van der Waals surface area contributed by atoms with Gasteiger partial charge in [0.15, 0.2) is 0 Å². The molecule has 0 aromatic rings. The first-order valence-corrected chi connectivity index (χ1v) is 3.42. The predicted molar refractivity (Wildman–Crippen MR) is 36.0 cm³/mol. The van der Waals surface area contributed by atoms with Gasteiger partial charge in [-0.25, -0.2) is 9.90 Å². The highest BCUT2D eigenvalue weighted by Gasteiger charge is 2.15. The minimum absolute atomic E-state index is 0.347. The van der Waals surface area contributed by atoms with Gasteiger partial charge in [0, 0.05) is 13.7 Å². The molecule has 3 heteroatoms. The van der Waals surface area contributed by atoms with E-state index >= 15 is 0 Å². The molecule has 0 aliphatic heterocycles. The summed E-state index contributed by atoms with van der Waals surface area (Å²) in [5, 5.41) is 10.3. The van der Waals surface area contributed by atoms with E-state index in [1.807, 2.05) is 6.92 Å². The lowest BCUT2D eigenvalue weighted by Crippen LogP contribution is -2.13. The lowest BCUT2D eigenvalue weighted by Gasteiger charge is -2.05. The lowest BCUT2D eigenvalue weighted by atomic mass is 10.0. The van der Waals surface area contributed by atoms with Crippen molar-refractivity contribution in [3.8, 4) is 0 Å². The first-order chi connectivity index (χ1) is 4.72. The number of hydrogen-bond acceptors (Lipinski definition) is 2. The summed E-state index contributed by atoms with van der Waals surface area (Å²) >= 11 is 0. The molecule has 0 N–H and O–H groups in total. The SMILES string of the molecule is CCC(CCOC)C([O])=O. The maximum absolute atomic E-state index is 10.3. The second-order valence-electron chi connectivity index (χ2n) is 2.21. The summed E-state index contributed by atoms with van der Waals surface area (Å²) in [7, 11) is 1.56. The van der Waals surface area contributed by atoms with E-state index in [1.165, 1.54) is 0 Å². The highest BCUT2D eigenvalue weighted by molar-refractivity contribution is 5.69. The Hall–Kier alpha value is -0.570. The minimum Gasteiger partial charge on any atom is -0.385 e. The van der Waals surface area contributed by atoms with Crippen LogP contribution in [-0.4, -0.2) is 19.7 Å². The normalized spacial score (nSPS) is 13.0. The van der Waals surface area contributed by atoms with Crippen LogP contribution < -0.4 is 0 Å². The van der Waals surface area contributed by atoms with Gasteiger partial charge in [0.05, 0.1) is 5.92 Å². The van der Waals surface area contributed by atoms with Crippen molar-refractivity contribution in [2.75, 3.05) is 13.7 Å². The molecule has 0 saturated carbocycles. The fourth-order valence-electron chi connectivity index (χ4n) is 0.749. The third-order valence-electron chi connectivity index (χ3n) is 1.50. The third-order valence-corrected chi connectivity index (χ3v) is 1.50. The van der Waals surface area contributed by atoms with Gasteiger partial charge in [0.1, 0.15) is 0 Å². The second kappa shape index (κ2) is 5.23. The van der Waals surface area contributed by atoms with Gasteiger partial charge in [0.2, 0.25) is 0 Å². The van der Waals surface area contributed by atoms with Crippen molar-refractivity contribution in [2.45, 2.75) is 19.8 Å². The van der Waals surface area contributed by atoms with Crippen LogP contribution in [0, 0.1) is 5.92 Å². The molecule has 0 fully saturated rings. The van der Waals surface area contributed by atoms with Crippen molar-refractivity contribution >= 4 is 5.97 Å². The van der Waals surface area contributed by atoms with Crippen molar-refractivity contribution in [2.24, 2.45) is 5.92 Å². The maximum Gasteiger partial charge on any atom is 0.358 e. The van der Waals surface area contributed by atoms with Crippen molar-refractivity contribution < 1.29 is 14.6 Å². The zero-order valence-electron chi connectivity index (χ0n) is 6.42. The largest absolute Gasteiger partial charge is 0.385 e. The predicted octanol–water partition coefficient (Wildman–Crippen LogP) is 1.01. The summed E-state index contributed by atoms with van der Waals surface area (Å²) in [4.78, 5) is 10.3. The molecule has 1 radical (unpaired) electrons. The molecule has 59 valence electrons. The van der Waals surface area contributed by atoms with E-state index in [4.69, 9.17) is 4.74 Å². The first kappa shape index (κ1) is 9.43. The third kappa shape index (κ3) is 3.45. The molecular formula is C7H13O3. The van der Waals surface area contributed by atoms with E-state index in [9.17, 15) is 9.90 Å². The standard InChI is InChI=1S/C7H13O3/c1-3-6(7(8)9)4-5-10-2/h6H,3-5H2,1-2H3. The van der Waals surface area contributed by atoms with E-state index in [2.05, 4.69) is 0 Å². The van der Waals surface area contributed by atoms with Gasteiger partial charge in [-0.3, -0.25) is 0 Å². The molecule has 1 unspecified atom stereocenters. The molecule has 0 aromatic carbocycles. The average molecular weight is 145 g/mol. The van der Waals surface area contributed by atoms with E-state index in [-0.39, 0.29) is 5.92 Å². The van der Waals surface area contributed by atoms with E-state index in [1.54, 1.807) is 7.11 Å². The smallest absolute Gasteiger partial charge is 0.358 e. The molecule has 0 spiro atoms. The molecule has 0 rings (SSSR count). The van der Waals surface area contributed by atoms with Gasteiger partial charge < -0.3 is 4.74 Å². The maximum atomic E-state index is 10.3. The van der Waals surface area contributed by atoms with Crippen LogP contribution in [0.5, 0.6) is 0 Å². The van der Waals surface area contributed by atoms with Gasteiger partial charge >= 0.3 is 5.97 Å². The van der Waals surface area contributed by atoms with Crippen molar-refractivity contribution in [3.63, 3.8) is 0 Å². The highest BCUT2D eigenvalue weighted by Crippen LogP contribution is 2.07. The molecule has 0 amide bonds. The van der Waals surface area contributed by atoms with E-state index in [0.717, 1.165) is 0 Å². The molecule has 1 atom stereocenters. The summed E-state index contributed by atoms with van der Waals surface area (Å²) in [5.74, 6) is -1.32. The van der Waals surface area contributed by atoms with E-state index < -0.39 is 5.97 Å². The number of carbonyl (C=O) groups is 1. The Balaban J connectivity index is 3.50. The molecule has 0 aliphatic carbocycles. The first-order valence-electron chi connectivity index (χ1n) is 3.42. The van der Waals surface area contributed by atoms with Crippen LogP contribution >= 0.6 is 0 Å². The fourth-order valence-corrected chi connectivity index (χ4v) is 0.749. The molecule has 0 aliphatic rings. The Labute approximate surface area is 61.0 Å². The monoisotopic (exact) mass is 145 g/mol. The van der Waals surface area contributed by atoms with Crippen LogP contribution in [0.2, 0.25) is 0 Å². The summed E-state index contributed by atoms with van der Waals surface area (Å²) < 4.78 is 4.73. The van der Waals surface area contributed by atoms with Gasteiger partial charge in [-0.1, -0.05) is 6.92 Å². The number of methoxy groups -OCH3 is 1. The Morgan fingerprint density at radius 2 is 2.20 bits per heavy atom. The molecule has 0 saturated heterocycles. The molecule has 0 bridgehead atoms. The molecule has 0 heterocycles. The average Bonchev–Trinajstić information content (AvgIpc) is 1.89. The number of rotatable bonds is 5. The van der Waals surface area contributed by atoms with Crippen molar-refractivity contribution in [3.05, 3.63) is 0 Å². The van der Waals surface area contributed by atoms with Crippen LogP contribution in [-0.2, 0) is 14.6 Å². The summed E-state index contributed by atoms with van der Waals surface area (Å²) in [6.45, 7) is 2.32. The van der Waals surface area contributed by atoms with Crippen molar-refractivity contribution in [1.82, 2.24) is 0 Å². The Morgan fingerprint density at radius 3 is 2.50 bits per heavy atom. The van der Waals surface area contributed by atoms with Gasteiger partial charge in [-0.2, -0.15) is 0 Å². The topological polar surface area (TPSA) is 46.2 Å². The highest BCUT2D eigenvalue weighted by atomic mass is 16.5. The van der Waals surface area contributed by atoms with Gasteiger partial charge in [-0.15, -0.1) is 0 Å². The van der Waals surface area contributed by atoms with Crippen LogP contribution in [0.4, 0.5) is 0 Å². The van der Waals surface area contributed by atoms with Gasteiger partial charge in [0.25, 0.3) is 0 Å². The summed E-state index contributed by atoms with van der Waals surface area (Å²) in [6.07, 6.45) is 1.17. The van der Waals surface area contributed by atoms with Crippen LogP contribution in [0.3, 0.4) is 0 Å². The van der Waals surface area contributed by atoms with E-state index in [0.29, 0.717) is 19.4 Å². The Kier molecular flexibility index (Phi) is 4.94. The van der Waals surface area contributed by atoms with Gasteiger partial charge in [-0.05, 0) is 12.8 Å². The summed E-state index contributed by atoms with van der Waals surface area (Å²) in [5.41, 5.74) is 0. The number of carbonyl (C=O) groups excluding carboxylic acids is 1. The minimum atomic E-state index is -0.973.